The van der Waals surface area contributed by atoms with E-state index in [0.717, 1.165) is 38.0 Å². The van der Waals surface area contributed by atoms with Crippen LogP contribution in [-0.4, -0.2) is 131 Å². The Bertz CT molecular complexity index is 4080. The Morgan fingerprint density at radius 1 is 0.260 bits per heavy atom. The van der Waals surface area contributed by atoms with Crippen molar-refractivity contribution in [2.75, 3.05) is 102 Å². The average Bonchev–Trinajstić information content (AvgIpc) is 1.49. The van der Waals surface area contributed by atoms with Crippen LogP contribution in [0.25, 0.3) is 21.9 Å². The van der Waals surface area contributed by atoms with Crippen molar-refractivity contribution in [1.29, 1.82) is 0 Å². The van der Waals surface area contributed by atoms with Gasteiger partial charge in [0.2, 0.25) is 0 Å². The maximum atomic E-state index is 11.3. The van der Waals surface area contributed by atoms with Gasteiger partial charge in [0.05, 0.1) is 60.1 Å². The molecule has 0 heterocycles. The van der Waals surface area contributed by atoms with Gasteiger partial charge in [-0.1, -0.05) is 416 Å². The lowest BCUT2D eigenvalue weighted by molar-refractivity contribution is -0.156. The third kappa shape index (κ3) is 70.8. The van der Waals surface area contributed by atoms with Crippen molar-refractivity contribution in [2.45, 2.75) is 434 Å². The number of ether oxygens (including phenoxy) is 10. The molecule has 15 heteroatoms. The lowest BCUT2D eigenvalue weighted by Crippen LogP contribution is -2.26. The lowest BCUT2D eigenvalue weighted by Gasteiger charge is -2.22. The summed E-state index contributed by atoms with van der Waals surface area (Å²) >= 11 is 0. The van der Waals surface area contributed by atoms with Crippen LogP contribution in [0.5, 0.6) is 0 Å². The molecule has 0 spiro atoms. The zero-order valence-corrected chi connectivity index (χ0v) is 99.5. The molecular weight excluding hydrogens is 1810 g/mol. The van der Waals surface area contributed by atoms with Crippen molar-refractivity contribution in [3.8, 4) is 11.1 Å². The smallest absolute Gasteiger partial charge is 0.311 e. The molecule has 830 valence electrons. The minimum atomic E-state index is -0.367. The van der Waals surface area contributed by atoms with Crippen LogP contribution in [0.15, 0.2) is 170 Å². The summed E-state index contributed by atoms with van der Waals surface area (Å²) in [6.07, 6.45) is 39.7. The van der Waals surface area contributed by atoms with Crippen LogP contribution in [0.1, 0.15) is 467 Å². The van der Waals surface area contributed by atoms with Gasteiger partial charge in [-0.25, -0.2) is 0 Å². The molecule has 0 radical (unpaired) electrons. The number of fused-ring (bicyclic) bond motifs is 1. The van der Waals surface area contributed by atoms with Gasteiger partial charge < -0.3 is 47.4 Å². The fraction of sp³-hybridized carbons (Fsp3) is 0.656. The van der Waals surface area contributed by atoms with Gasteiger partial charge in [-0.3, -0.25) is 24.0 Å². The average molecular weight is 2030 g/mol. The summed E-state index contributed by atoms with van der Waals surface area (Å²) in [5.74, 6) is 3.51. The number of carbonyl (C=O) groups is 5. The fourth-order valence-electron chi connectivity index (χ4n) is 11.9. The molecule has 6 aliphatic rings. The third-order valence-corrected chi connectivity index (χ3v) is 27.1. The molecule has 0 saturated heterocycles. The number of benzene rings is 7. The van der Waals surface area contributed by atoms with Gasteiger partial charge in [-0.05, 0) is 255 Å². The lowest BCUT2D eigenvalue weighted by atomic mass is 9.83. The highest BCUT2D eigenvalue weighted by Gasteiger charge is 2.31. The summed E-state index contributed by atoms with van der Waals surface area (Å²) in [6.45, 7) is 64.2. The minimum absolute atomic E-state index is 0.151. The second kappa shape index (κ2) is 82.7. The van der Waals surface area contributed by atoms with Gasteiger partial charge in [-0.15, -0.1) is 0 Å². The van der Waals surface area contributed by atoms with Gasteiger partial charge in [0, 0.05) is 35.5 Å². The Morgan fingerprint density at radius 3 is 0.740 bits per heavy atom. The first-order valence-corrected chi connectivity index (χ1v) is 56.5. The number of aryl methyl sites for hydroxylation is 1. The van der Waals surface area contributed by atoms with Crippen LogP contribution in [0, 0.1) is 34.0 Å². The first kappa shape index (κ1) is 140. The first-order valence-electron chi connectivity index (χ1n) is 56.5. The Morgan fingerprint density at radius 2 is 0.486 bits per heavy atom. The van der Waals surface area contributed by atoms with Crippen molar-refractivity contribution < 1.29 is 71.3 Å². The third-order valence-electron chi connectivity index (χ3n) is 27.1. The standard InChI is InChI=1S/C16H24.C16H18.C14H16.C14H22.C11H16.5C9H18O3.5C3H6/c2*1-3-13(2)14-9-11-16(12-10-14)15-7-5-4-6-8-15;1-3-11(2)13-9-8-12-6-4-5-7-14(12)10-13;1-6-11(2)12-7-9-13(10-8-12)14(3,4)5;1-4-10(3)11-7-5-9(2)6-8-11;5*1-5-9(2,3)8(10)12-7-6-11-4;5*1-2-3-1/h9-13,15H,3-8H2,1-2H3;4-13H,3H2,1-2H3;4-11H,3H2,1-2H3;7-11H,6H2,1-5H3;5-8,10H,4H2,1-3H3;5*5-7H2,1-4H3;5*1-3H2. The van der Waals surface area contributed by atoms with Crippen molar-refractivity contribution >= 4 is 40.6 Å². The largest absolute Gasteiger partial charge is 0.463 e. The molecule has 6 fully saturated rings. The molecule has 7 aromatic carbocycles. The monoisotopic (exact) mass is 2030 g/mol. The summed E-state index contributed by atoms with van der Waals surface area (Å²) < 4.78 is 48.7. The molecule has 7 aromatic rings. The van der Waals surface area contributed by atoms with E-state index in [2.05, 4.69) is 267 Å². The van der Waals surface area contributed by atoms with E-state index in [4.69, 9.17) is 47.4 Å². The summed E-state index contributed by atoms with van der Waals surface area (Å²) in [7, 11) is 7.91. The van der Waals surface area contributed by atoms with E-state index >= 15 is 0 Å². The summed E-state index contributed by atoms with van der Waals surface area (Å²) in [6, 6.07) is 62.1. The molecular formula is C131H216O15. The van der Waals surface area contributed by atoms with E-state index in [1.807, 2.05) is 104 Å². The summed E-state index contributed by atoms with van der Waals surface area (Å²) in [4.78, 5) is 56.5. The number of hydrogen-bond acceptors (Lipinski definition) is 15. The van der Waals surface area contributed by atoms with E-state index in [1.165, 1.54) is 221 Å². The van der Waals surface area contributed by atoms with Crippen molar-refractivity contribution in [3.63, 3.8) is 0 Å². The molecule has 146 heavy (non-hydrogen) atoms. The zero-order valence-electron chi connectivity index (χ0n) is 99.5. The molecule has 0 bridgehead atoms. The topological polar surface area (TPSA) is 178 Å². The van der Waals surface area contributed by atoms with Crippen molar-refractivity contribution in [3.05, 3.63) is 214 Å². The van der Waals surface area contributed by atoms with Crippen molar-refractivity contribution in [1.82, 2.24) is 0 Å². The van der Waals surface area contributed by atoms with E-state index < -0.39 is 0 Å². The molecule has 13 rings (SSSR count). The maximum absolute atomic E-state index is 11.3. The number of rotatable bonds is 37. The van der Waals surface area contributed by atoms with Crippen LogP contribution >= 0.6 is 0 Å². The second-order valence-corrected chi connectivity index (χ2v) is 44.1. The second-order valence-electron chi connectivity index (χ2n) is 44.1. The highest BCUT2D eigenvalue weighted by atomic mass is 16.6. The molecule has 0 amide bonds. The number of hydrogen-bond donors (Lipinski definition) is 0. The zero-order chi connectivity index (χ0) is 110. The highest BCUT2D eigenvalue weighted by Crippen LogP contribution is 2.35. The van der Waals surface area contributed by atoms with Crippen LogP contribution in [0.4, 0.5) is 0 Å². The first-order chi connectivity index (χ1) is 69.3. The summed E-state index contributed by atoms with van der Waals surface area (Å²) in [5.41, 5.74) is 12.7. The van der Waals surface area contributed by atoms with E-state index in [9.17, 15) is 24.0 Å². The predicted molar refractivity (Wildman–Crippen MR) is 622 cm³/mol. The predicted octanol–water partition coefficient (Wildman–Crippen LogP) is 36.4. The van der Waals surface area contributed by atoms with E-state index in [-0.39, 0.29) is 62.3 Å². The van der Waals surface area contributed by atoms with Crippen LogP contribution in [0.3, 0.4) is 0 Å². The van der Waals surface area contributed by atoms with Crippen LogP contribution < -0.4 is 0 Å². The number of carbonyl (C=O) groups excluding carboxylic acids is 5. The number of esters is 5. The van der Waals surface area contributed by atoms with Gasteiger partial charge in [-0.2, -0.15) is 0 Å². The molecule has 0 aliphatic heterocycles. The van der Waals surface area contributed by atoms with Crippen LogP contribution in [0.2, 0.25) is 0 Å². The molecule has 5 atom stereocenters. The van der Waals surface area contributed by atoms with Gasteiger partial charge in [0.15, 0.2) is 0 Å². The minimum Gasteiger partial charge on any atom is -0.463 e. The SMILES string of the molecule is C1CC1.C1CC1.C1CC1.C1CC1.C1CC1.CCC(C)(C)C(=O)OCCOC.CCC(C)(C)C(=O)OCCOC.CCC(C)(C)C(=O)OCCOC.CCC(C)(C)C(=O)OCCOC.CCC(C)(C)C(=O)OCCOC.CCC(C)c1ccc(-c2ccccc2)cc1.CCC(C)c1ccc(C(C)(C)C)cc1.CCC(C)c1ccc(C)cc1.CCC(C)c1ccc(C2CCCCC2)cc1.CCC(C)c1ccc2ccccc2c1. The molecule has 0 N–H and O–H groups in total. The molecule has 5 unspecified atom stereocenters. The van der Waals surface area contributed by atoms with Gasteiger partial charge in [0.1, 0.15) is 33.0 Å². The van der Waals surface area contributed by atoms with Gasteiger partial charge in [0.25, 0.3) is 0 Å². The summed E-state index contributed by atoms with van der Waals surface area (Å²) in [5, 5.41) is 2.69. The number of methoxy groups -OCH3 is 5. The fourth-order valence-corrected chi connectivity index (χ4v) is 11.9. The van der Waals surface area contributed by atoms with E-state index in [0.29, 0.717) is 95.7 Å². The normalized spacial score (nSPS) is 14.2. The van der Waals surface area contributed by atoms with Crippen LogP contribution in [-0.2, 0) is 76.8 Å². The highest BCUT2D eigenvalue weighted by molar-refractivity contribution is 5.83. The molecule has 0 aromatic heterocycles. The molecule has 6 saturated carbocycles. The molecule has 15 nitrogen and oxygen atoms in total. The Kier molecular flexibility index (Phi) is 79.3. The molecule has 6 aliphatic carbocycles. The van der Waals surface area contributed by atoms with Crippen molar-refractivity contribution in [2.24, 2.45) is 27.1 Å². The Labute approximate surface area is 895 Å². The quantitative estimate of drug-likeness (QED) is 0.0204. The van der Waals surface area contributed by atoms with Gasteiger partial charge >= 0.3 is 29.8 Å². The Hall–Kier alpha value is -8.05. The maximum Gasteiger partial charge on any atom is 0.311 e. The Balaban J connectivity index is 0. The van der Waals surface area contributed by atoms with E-state index in [1.54, 1.807) is 41.1 Å².